The molecule has 0 bridgehead atoms. The number of hydrogen-bond acceptors (Lipinski definition) is 3. The summed E-state index contributed by atoms with van der Waals surface area (Å²) in [4.78, 5) is 3.00. The molecule has 0 saturated carbocycles. The van der Waals surface area contributed by atoms with E-state index in [4.69, 9.17) is 11.8 Å². The third kappa shape index (κ3) is 2.83. The molecule has 1 aliphatic rings. The maximum atomic E-state index is 6.57. The Hall–Kier alpha value is -0.296. The number of rotatable bonds is 3. The van der Waals surface area contributed by atoms with Gasteiger partial charge in [0.25, 0.3) is 0 Å². The van der Waals surface area contributed by atoms with Crippen molar-refractivity contribution in [3.05, 3.63) is 42.5 Å². The smallest absolute Gasteiger partial charge is 0.0904 e. The maximum absolute atomic E-state index is 6.57. The summed E-state index contributed by atoms with van der Waals surface area (Å²) in [6.45, 7) is 14.7. The van der Waals surface area contributed by atoms with Gasteiger partial charge in [-0.25, -0.2) is 0 Å². The molecular weight excluding hydrogens is 424 g/mol. The van der Waals surface area contributed by atoms with E-state index in [0.29, 0.717) is 0 Å². The Morgan fingerprint density at radius 3 is 1.54 bits per heavy atom. The number of fused-ring (bicyclic) bond motifs is 3. The molecule has 136 valence electrons. The summed E-state index contributed by atoms with van der Waals surface area (Å²) in [6.07, 6.45) is 0. The molecule has 0 fully saturated rings. The van der Waals surface area contributed by atoms with Crippen LogP contribution >= 0.6 is 28.7 Å². The molecule has 3 aromatic rings. The fourth-order valence-corrected chi connectivity index (χ4v) is 15.4. The normalized spacial score (nSPS) is 15.8. The molecule has 0 aliphatic carbocycles. The van der Waals surface area contributed by atoms with E-state index < -0.39 is 22.2 Å². The van der Waals surface area contributed by atoms with Gasteiger partial charge in [0.15, 0.2) is 0 Å². The second-order valence-electron chi connectivity index (χ2n) is 9.09. The average Bonchev–Trinajstić information content (AvgIpc) is 3.21. The Balaban J connectivity index is 2.04. The highest BCUT2D eigenvalue weighted by molar-refractivity contribution is 8.26. The molecule has 0 nitrogen and oxygen atoms in total. The molecule has 0 saturated heterocycles. The molecule has 6 heteroatoms. The van der Waals surface area contributed by atoms with Crippen molar-refractivity contribution >= 4 is 81.6 Å². The van der Waals surface area contributed by atoms with Crippen molar-refractivity contribution in [3.63, 3.8) is 0 Å². The minimum absolute atomic E-state index is 1.34. The molecule has 1 aromatic carbocycles. The van der Waals surface area contributed by atoms with Crippen molar-refractivity contribution in [2.24, 2.45) is 0 Å². The summed E-state index contributed by atoms with van der Waals surface area (Å²) < 4.78 is 3.20. The third-order valence-electron chi connectivity index (χ3n) is 4.91. The molecule has 1 aliphatic heterocycles. The quantitative estimate of drug-likeness (QED) is 0.325. The monoisotopic (exact) mass is 448 g/mol. The van der Waals surface area contributed by atoms with Crippen LogP contribution in [0.3, 0.4) is 0 Å². The first-order chi connectivity index (χ1) is 12.0. The van der Waals surface area contributed by atoms with E-state index in [2.05, 4.69) is 81.7 Å². The van der Waals surface area contributed by atoms with Gasteiger partial charge in [0.05, 0.1) is 25.9 Å². The van der Waals surface area contributed by atoms with Crippen LogP contribution < -0.4 is 24.9 Å². The second-order valence-corrected chi connectivity index (χ2v) is 26.3. The Bertz CT molecular complexity index is 971. The summed E-state index contributed by atoms with van der Waals surface area (Å²) >= 11 is 10.7. The zero-order valence-electron chi connectivity index (χ0n) is 16.2. The fraction of sp³-hybridized carbons (Fsp3) is 0.300. The number of thiophene rings is 2. The zero-order chi connectivity index (χ0) is 18.9. The second kappa shape index (κ2) is 6.10. The minimum atomic E-state index is -1.90. The van der Waals surface area contributed by atoms with Crippen LogP contribution in [0, 0.1) is 0 Å². The van der Waals surface area contributed by atoms with E-state index in [-0.39, 0.29) is 0 Å². The predicted molar refractivity (Wildman–Crippen MR) is 133 cm³/mol. The molecule has 2 aromatic heterocycles. The molecule has 0 spiro atoms. The lowest BCUT2D eigenvalue weighted by Crippen LogP contribution is -2.36. The van der Waals surface area contributed by atoms with Crippen molar-refractivity contribution in [1.82, 2.24) is 0 Å². The lowest BCUT2D eigenvalue weighted by molar-refractivity contribution is 1.77. The van der Waals surface area contributed by atoms with Gasteiger partial charge in [0, 0.05) is 16.6 Å². The van der Waals surface area contributed by atoms with E-state index >= 15 is 0 Å². The molecule has 4 rings (SSSR count). The van der Waals surface area contributed by atoms with Gasteiger partial charge in [-0.05, 0) is 26.4 Å². The van der Waals surface area contributed by atoms with Crippen LogP contribution in [-0.4, -0.2) is 16.1 Å². The lowest BCUT2D eigenvalue weighted by Gasteiger charge is -2.20. The van der Waals surface area contributed by atoms with Crippen LogP contribution in [0.25, 0.3) is 9.75 Å². The number of benzene rings is 1. The van der Waals surface area contributed by atoms with Crippen LogP contribution in [0.2, 0.25) is 39.3 Å². The molecule has 0 unspecified atom stereocenters. The first-order valence-electron chi connectivity index (χ1n) is 8.99. The Labute approximate surface area is 172 Å². The van der Waals surface area contributed by atoms with Crippen molar-refractivity contribution in [3.8, 4) is 9.75 Å². The standard InChI is InChI=1S/C20H25PS3Si2/c1-25(2,3)17-12-15-19(23-17)20-16(13-18(24-20)26(4,5)6)21(15,22)14-10-8-7-9-11-14/h7-13H,1-6H3. The van der Waals surface area contributed by atoms with E-state index in [1.807, 2.05) is 22.7 Å². The fourth-order valence-electron chi connectivity index (χ4n) is 3.34. The summed E-state index contributed by atoms with van der Waals surface area (Å²) in [5.74, 6) is 0. The maximum Gasteiger partial charge on any atom is 0.0904 e. The summed E-state index contributed by atoms with van der Waals surface area (Å²) in [5, 5.41) is 4.31. The van der Waals surface area contributed by atoms with Gasteiger partial charge in [-0.3, -0.25) is 0 Å². The van der Waals surface area contributed by atoms with Gasteiger partial charge < -0.3 is 0 Å². The Morgan fingerprint density at radius 2 is 1.15 bits per heavy atom. The Kier molecular flexibility index (Phi) is 4.47. The van der Waals surface area contributed by atoms with E-state index in [1.165, 1.54) is 25.7 Å². The first-order valence-corrected chi connectivity index (χ1v) is 20.4. The molecule has 0 amide bonds. The van der Waals surface area contributed by atoms with Crippen molar-refractivity contribution in [1.29, 1.82) is 0 Å². The molecule has 0 radical (unpaired) electrons. The summed E-state index contributed by atoms with van der Waals surface area (Å²) in [5.41, 5.74) is 0. The van der Waals surface area contributed by atoms with Gasteiger partial charge in [0.1, 0.15) is 0 Å². The molecule has 0 N–H and O–H groups in total. The van der Waals surface area contributed by atoms with Gasteiger partial charge in [-0.2, -0.15) is 0 Å². The largest absolute Gasteiger partial charge is 0.143 e. The zero-order valence-corrected chi connectivity index (χ0v) is 21.6. The van der Waals surface area contributed by atoms with Gasteiger partial charge >= 0.3 is 0 Å². The van der Waals surface area contributed by atoms with Crippen molar-refractivity contribution in [2.45, 2.75) is 39.3 Å². The first kappa shape index (κ1) is 19.0. The average molecular weight is 449 g/mol. The third-order valence-corrected chi connectivity index (χ3v) is 19.7. The topological polar surface area (TPSA) is 0 Å². The van der Waals surface area contributed by atoms with Gasteiger partial charge in [-0.1, -0.05) is 81.4 Å². The molecule has 0 atom stereocenters. The van der Waals surface area contributed by atoms with Crippen LogP contribution in [0.15, 0.2) is 42.5 Å². The molecular formula is C20H25PS3Si2. The lowest BCUT2D eigenvalue weighted by atomic mass is 10.4. The SMILES string of the molecule is C[Si](C)(C)c1cc2c(s1)-c1sc([Si](C)(C)C)cc1P2(=S)c1ccccc1. The Morgan fingerprint density at radius 1 is 0.731 bits per heavy atom. The van der Waals surface area contributed by atoms with Crippen LogP contribution in [0.5, 0.6) is 0 Å². The predicted octanol–water partition coefficient (Wildman–Crippen LogP) is 4.64. The highest BCUT2D eigenvalue weighted by Crippen LogP contribution is 2.55. The van der Waals surface area contributed by atoms with Crippen LogP contribution in [0.1, 0.15) is 0 Å². The summed E-state index contributed by atoms with van der Waals surface area (Å²) in [6, 6.07) is 14.0. The number of hydrogen-bond donors (Lipinski definition) is 0. The van der Waals surface area contributed by atoms with Crippen LogP contribution in [0.4, 0.5) is 0 Å². The highest BCUT2D eigenvalue weighted by Gasteiger charge is 2.42. The minimum Gasteiger partial charge on any atom is -0.143 e. The van der Waals surface area contributed by atoms with E-state index in [9.17, 15) is 0 Å². The van der Waals surface area contributed by atoms with Crippen molar-refractivity contribution < 1.29 is 0 Å². The van der Waals surface area contributed by atoms with Crippen LogP contribution in [-0.2, 0) is 11.8 Å². The van der Waals surface area contributed by atoms with Crippen molar-refractivity contribution in [2.75, 3.05) is 0 Å². The van der Waals surface area contributed by atoms with Gasteiger partial charge in [-0.15, -0.1) is 22.7 Å². The molecule has 26 heavy (non-hydrogen) atoms. The molecule has 3 heterocycles. The highest BCUT2D eigenvalue weighted by atomic mass is 32.4. The van der Waals surface area contributed by atoms with Gasteiger partial charge in [0.2, 0.25) is 0 Å². The van der Waals surface area contributed by atoms with E-state index in [1.54, 1.807) is 9.00 Å². The summed E-state index contributed by atoms with van der Waals surface area (Å²) in [7, 11) is -2.67. The van der Waals surface area contributed by atoms with E-state index in [0.717, 1.165) is 0 Å².